The molecule has 1 unspecified atom stereocenters. The Labute approximate surface area is 354 Å². The third-order valence-electron chi connectivity index (χ3n) is 11.6. The molecule has 61 heavy (non-hydrogen) atoms. The Morgan fingerprint density at radius 3 is 1.51 bits per heavy atom. The molecule has 4 nitrogen and oxygen atoms in total. The fourth-order valence-electron chi connectivity index (χ4n) is 8.52. The second kappa shape index (κ2) is 15.7. The molecule has 0 aliphatic heterocycles. The second-order valence-corrected chi connectivity index (χ2v) is 15.6. The first kappa shape index (κ1) is 36.2. The van der Waals surface area contributed by atoms with Crippen LogP contribution in [0, 0.1) is 0 Å². The zero-order chi connectivity index (χ0) is 40.5. The van der Waals surface area contributed by atoms with Gasteiger partial charge in [-0.2, -0.15) is 0 Å². The van der Waals surface area contributed by atoms with Crippen LogP contribution in [-0.2, 0) is 0 Å². The van der Waals surface area contributed by atoms with E-state index in [1.54, 1.807) is 0 Å². The molecule has 1 atom stereocenters. The van der Waals surface area contributed by atoms with Gasteiger partial charge in [0.15, 0.2) is 17.5 Å². The highest BCUT2D eigenvalue weighted by Crippen LogP contribution is 2.42. The van der Waals surface area contributed by atoms with Crippen molar-refractivity contribution in [1.29, 1.82) is 0 Å². The average Bonchev–Trinajstić information content (AvgIpc) is 3.73. The Bertz CT molecular complexity index is 3200. The number of allylic oxidation sites excluding steroid dienone is 4. The van der Waals surface area contributed by atoms with Gasteiger partial charge in [0.05, 0.1) is 0 Å². The molecule has 1 aliphatic rings. The minimum atomic E-state index is 0.335. The van der Waals surface area contributed by atoms with Crippen LogP contribution >= 0.6 is 0 Å². The first-order valence-corrected chi connectivity index (χ1v) is 20.8. The number of hydrogen-bond acceptors (Lipinski definition) is 4. The molecule has 1 aliphatic carbocycles. The van der Waals surface area contributed by atoms with Crippen molar-refractivity contribution in [3.63, 3.8) is 0 Å². The summed E-state index contributed by atoms with van der Waals surface area (Å²) in [5, 5.41) is 2.18. The van der Waals surface area contributed by atoms with Gasteiger partial charge in [0.25, 0.3) is 0 Å². The number of fused-ring (bicyclic) bond motifs is 3. The van der Waals surface area contributed by atoms with E-state index in [0.717, 1.165) is 67.3 Å². The smallest absolute Gasteiger partial charge is 0.164 e. The SMILES string of the molecule is C1=CCC(c2cc(-c3ccccc3)cc(-c3cccc(-c4cc(-c5ccc(-c6nc(-c7ccccc7)nc(-c7ccccc7)n6)cc5)c5c(c4)oc4ccccc45)c3)c2)C=C1. The molecule has 0 N–H and O–H groups in total. The van der Waals surface area contributed by atoms with Crippen LogP contribution in [0.2, 0.25) is 0 Å². The maximum Gasteiger partial charge on any atom is 0.164 e. The molecule has 0 fully saturated rings. The van der Waals surface area contributed by atoms with Gasteiger partial charge in [-0.15, -0.1) is 0 Å². The zero-order valence-electron chi connectivity index (χ0n) is 33.3. The van der Waals surface area contributed by atoms with Gasteiger partial charge in [-0.3, -0.25) is 0 Å². The van der Waals surface area contributed by atoms with E-state index in [2.05, 4.69) is 146 Å². The maximum atomic E-state index is 6.60. The molecule has 0 radical (unpaired) electrons. The summed E-state index contributed by atoms with van der Waals surface area (Å²) in [5.74, 6) is 2.24. The van der Waals surface area contributed by atoms with E-state index < -0.39 is 0 Å². The molecule has 8 aromatic carbocycles. The van der Waals surface area contributed by atoms with Crippen LogP contribution in [0.4, 0.5) is 0 Å². The number of nitrogens with zero attached hydrogens (tertiary/aromatic N) is 3. The molecule has 4 heteroatoms. The molecule has 0 saturated heterocycles. The van der Waals surface area contributed by atoms with Gasteiger partial charge in [-0.05, 0) is 86.8 Å². The van der Waals surface area contributed by atoms with E-state index in [1.165, 1.54) is 27.8 Å². The lowest BCUT2D eigenvalue weighted by Crippen LogP contribution is -2.00. The lowest BCUT2D eigenvalue weighted by atomic mass is 9.87. The number of aromatic nitrogens is 3. The summed E-state index contributed by atoms with van der Waals surface area (Å²) in [5.41, 5.74) is 15.0. The first-order valence-electron chi connectivity index (χ1n) is 20.8. The largest absolute Gasteiger partial charge is 0.456 e. The van der Waals surface area contributed by atoms with Crippen LogP contribution < -0.4 is 0 Å². The van der Waals surface area contributed by atoms with Gasteiger partial charge < -0.3 is 4.42 Å². The fourth-order valence-corrected chi connectivity index (χ4v) is 8.52. The lowest BCUT2D eigenvalue weighted by Gasteiger charge is -2.18. The highest BCUT2D eigenvalue weighted by molar-refractivity contribution is 6.13. The molecule has 10 aromatic rings. The Morgan fingerprint density at radius 2 is 0.885 bits per heavy atom. The van der Waals surface area contributed by atoms with Gasteiger partial charge in [0, 0.05) is 33.4 Å². The monoisotopic (exact) mass is 781 g/mol. The molecule has 288 valence electrons. The Hall–Kier alpha value is -7.95. The minimum absolute atomic E-state index is 0.335. The van der Waals surface area contributed by atoms with Gasteiger partial charge in [-0.25, -0.2) is 15.0 Å². The van der Waals surface area contributed by atoms with Crippen molar-refractivity contribution < 1.29 is 4.42 Å². The number of para-hydroxylation sites is 1. The van der Waals surface area contributed by atoms with Crippen LogP contribution in [0.3, 0.4) is 0 Å². The summed E-state index contributed by atoms with van der Waals surface area (Å²) in [7, 11) is 0. The van der Waals surface area contributed by atoms with Crippen LogP contribution in [0.5, 0.6) is 0 Å². The standard InChI is InChI=1S/C57H39N3O/c1-5-16-38(17-6-1)46-33-47(39-18-7-2-8-19-39)35-48(34-46)44-24-15-25-45(32-44)49-36-51(54-50-26-13-14-27-52(50)61-53(54)37-49)40-28-30-43(31-29-40)57-59-55(41-20-9-3-10-21-41)58-56(60-57)42-22-11-4-12-23-42/h1-18,20-37,39H,19H2. The fraction of sp³-hybridized carbons (Fsp3) is 0.0351. The van der Waals surface area contributed by atoms with Crippen molar-refractivity contribution in [2.24, 2.45) is 0 Å². The van der Waals surface area contributed by atoms with Crippen molar-refractivity contribution in [2.75, 3.05) is 0 Å². The van der Waals surface area contributed by atoms with Gasteiger partial charge in [0.2, 0.25) is 0 Å². The van der Waals surface area contributed by atoms with Crippen molar-refractivity contribution in [3.05, 3.63) is 224 Å². The summed E-state index contributed by atoms with van der Waals surface area (Å²) < 4.78 is 6.60. The molecule has 0 spiro atoms. The summed E-state index contributed by atoms with van der Waals surface area (Å²) >= 11 is 0. The molecule has 2 heterocycles. The number of hydrogen-bond donors (Lipinski definition) is 0. The zero-order valence-corrected chi connectivity index (χ0v) is 33.3. The van der Waals surface area contributed by atoms with E-state index >= 15 is 0 Å². The van der Waals surface area contributed by atoms with Crippen molar-refractivity contribution >= 4 is 21.9 Å². The average molecular weight is 782 g/mol. The van der Waals surface area contributed by atoms with Crippen molar-refractivity contribution in [1.82, 2.24) is 15.0 Å². The van der Waals surface area contributed by atoms with Crippen LogP contribution in [0.15, 0.2) is 223 Å². The van der Waals surface area contributed by atoms with Crippen LogP contribution in [0.1, 0.15) is 17.9 Å². The molecule has 2 aromatic heterocycles. The summed E-state index contributed by atoms with van der Waals surface area (Å²) in [6, 6.07) is 68.2. The summed E-state index contributed by atoms with van der Waals surface area (Å²) in [4.78, 5) is 14.9. The predicted octanol–water partition coefficient (Wildman–Crippen LogP) is 15.0. The third kappa shape index (κ3) is 7.15. The molecule has 11 rings (SSSR count). The normalized spacial score (nSPS) is 13.5. The number of benzene rings is 8. The Kier molecular flexibility index (Phi) is 9.29. The quantitative estimate of drug-likeness (QED) is 0.154. The number of furan rings is 1. The van der Waals surface area contributed by atoms with Gasteiger partial charge in [-0.1, -0.05) is 188 Å². The van der Waals surface area contributed by atoms with E-state index in [4.69, 9.17) is 19.4 Å². The van der Waals surface area contributed by atoms with Gasteiger partial charge in [0.1, 0.15) is 11.2 Å². The third-order valence-corrected chi connectivity index (χ3v) is 11.6. The van der Waals surface area contributed by atoms with Crippen molar-refractivity contribution in [2.45, 2.75) is 12.3 Å². The van der Waals surface area contributed by atoms with E-state index in [9.17, 15) is 0 Å². The minimum Gasteiger partial charge on any atom is -0.456 e. The Balaban J connectivity index is 1.02. The molecule has 0 bridgehead atoms. The molecule has 0 saturated carbocycles. The highest BCUT2D eigenvalue weighted by atomic mass is 16.3. The summed E-state index contributed by atoms with van der Waals surface area (Å²) in [6.07, 6.45) is 9.88. The predicted molar refractivity (Wildman–Crippen MR) is 251 cm³/mol. The second-order valence-electron chi connectivity index (χ2n) is 15.6. The van der Waals surface area contributed by atoms with E-state index in [-0.39, 0.29) is 0 Å². The van der Waals surface area contributed by atoms with E-state index in [1.807, 2.05) is 72.8 Å². The Morgan fingerprint density at radius 1 is 0.377 bits per heavy atom. The van der Waals surface area contributed by atoms with E-state index in [0.29, 0.717) is 23.4 Å². The molecule has 0 amide bonds. The van der Waals surface area contributed by atoms with Crippen LogP contribution in [0.25, 0.3) is 101 Å². The van der Waals surface area contributed by atoms with Gasteiger partial charge >= 0.3 is 0 Å². The lowest BCUT2D eigenvalue weighted by molar-refractivity contribution is 0.669. The molecular weight excluding hydrogens is 743 g/mol. The van der Waals surface area contributed by atoms with Crippen molar-refractivity contribution in [3.8, 4) is 78.7 Å². The number of rotatable bonds is 8. The van der Waals surface area contributed by atoms with Crippen LogP contribution in [-0.4, -0.2) is 15.0 Å². The topological polar surface area (TPSA) is 51.8 Å². The summed E-state index contributed by atoms with van der Waals surface area (Å²) in [6.45, 7) is 0. The maximum absolute atomic E-state index is 6.60. The molecular formula is C57H39N3O. The highest BCUT2D eigenvalue weighted by Gasteiger charge is 2.18. The first-order chi connectivity index (χ1) is 30.2.